The van der Waals surface area contributed by atoms with Gasteiger partial charge in [0.05, 0.1) is 21.5 Å². The van der Waals surface area contributed by atoms with Crippen molar-refractivity contribution in [1.29, 1.82) is 0 Å². The molecule has 1 aromatic carbocycles. The largest absolute Gasteiger partial charge is 0.399 e. The number of anilines is 2. The number of hydrogen-bond donors (Lipinski definition) is 2. The summed E-state index contributed by atoms with van der Waals surface area (Å²) in [6.45, 7) is 1.99. The highest BCUT2D eigenvalue weighted by atomic mass is 35.5. The van der Waals surface area contributed by atoms with Gasteiger partial charge < -0.3 is 11.1 Å². The molecule has 1 aromatic rings. The van der Waals surface area contributed by atoms with Crippen LogP contribution in [-0.2, 0) is 4.79 Å². The van der Waals surface area contributed by atoms with Gasteiger partial charge in [0.1, 0.15) is 0 Å². The van der Waals surface area contributed by atoms with E-state index < -0.39 is 0 Å². The molecule has 1 rings (SSSR count). The van der Waals surface area contributed by atoms with Crippen LogP contribution in [0.1, 0.15) is 6.92 Å². The fraction of sp³-hybridized carbons (Fsp3) is 0.300. The van der Waals surface area contributed by atoms with Crippen LogP contribution in [0.25, 0.3) is 0 Å². The maximum Gasteiger partial charge on any atom is 0.234 e. The number of thioether (sulfide) groups is 1. The maximum atomic E-state index is 11.5. The highest BCUT2D eigenvalue weighted by Gasteiger charge is 2.10. The quantitative estimate of drug-likeness (QED) is 0.832. The molecule has 3 nitrogen and oxygen atoms in total. The second kappa shape index (κ2) is 6.23. The summed E-state index contributed by atoms with van der Waals surface area (Å²) in [6, 6.07) is 3.10. The number of carbonyl (C=O) groups excluding carboxylic acids is 1. The first-order valence-corrected chi connectivity index (χ1v) is 6.57. The normalized spacial score (nSPS) is 10.2. The van der Waals surface area contributed by atoms with E-state index in [1.807, 2.05) is 6.92 Å². The van der Waals surface area contributed by atoms with Crippen molar-refractivity contribution in [2.75, 3.05) is 22.6 Å². The van der Waals surface area contributed by atoms with E-state index in [4.69, 9.17) is 28.9 Å². The Labute approximate surface area is 109 Å². The molecule has 3 N–H and O–H groups in total. The molecule has 88 valence electrons. The Morgan fingerprint density at radius 1 is 1.44 bits per heavy atom. The van der Waals surface area contributed by atoms with E-state index in [0.717, 1.165) is 5.75 Å². The molecule has 0 radical (unpaired) electrons. The fourth-order valence-corrected chi connectivity index (χ4v) is 2.14. The van der Waals surface area contributed by atoms with Crippen LogP contribution in [0.15, 0.2) is 12.1 Å². The van der Waals surface area contributed by atoms with E-state index in [1.54, 1.807) is 12.1 Å². The Bertz CT molecular complexity index is 375. The Morgan fingerprint density at radius 2 is 2.00 bits per heavy atom. The van der Waals surface area contributed by atoms with Gasteiger partial charge in [0, 0.05) is 5.69 Å². The van der Waals surface area contributed by atoms with Crippen molar-refractivity contribution in [2.45, 2.75) is 6.92 Å². The Hall–Kier alpha value is -0.580. The summed E-state index contributed by atoms with van der Waals surface area (Å²) in [7, 11) is 0. The molecule has 6 heteroatoms. The lowest BCUT2D eigenvalue weighted by Gasteiger charge is -2.09. The van der Waals surface area contributed by atoms with Crippen molar-refractivity contribution in [3.8, 4) is 0 Å². The lowest BCUT2D eigenvalue weighted by atomic mass is 10.3. The summed E-state index contributed by atoms with van der Waals surface area (Å²) in [4.78, 5) is 11.5. The molecular weight excluding hydrogens is 267 g/mol. The predicted octanol–water partition coefficient (Wildman–Crippen LogP) is 3.27. The number of nitrogens with two attached hydrogens (primary N) is 1. The molecule has 0 atom stereocenters. The van der Waals surface area contributed by atoms with Crippen LogP contribution in [0, 0.1) is 0 Å². The maximum absolute atomic E-state index is 11.5. The van der Waals surface area contributed by atoms with Crippen LogP contribution in [0.2, 0.25) is 10.0 Å². The van der Waals surface area contributed by atoms with Gasteiger partial charge in [-0.15, -0.1) is 0 Å². The van der Waals surface area contributed by atoms with Gasteiger partial charge in [-0.05, 0) is 17.9 Å². The number of hydrogen-bond acceptors (Lipinski definition) is 3. The smallest absolute Gasteiger partial charge is 0.234 e. The van der Waals surface area contributed by atoms with Crippen molar-refractivity contribution < 1.29 is 4.79 Å². The molecule has 0 saturated carbocycles. The number of benzene rings is 1. The zero-order valence-corrected chi connectivity index (χ0v) is 11.0. The van der Waals surface area contributed by atoms with Crippen LogP contribution in [0.4, 0.5) is 11.4 Å². The summed E-state index contributed by atoms with van der Waals surface area (Å²) < 4.78 is 0. The molecule has 16 heavy (non-hydrogen) atoms. The van der Waals surface area contributed by atoms with Gasteiger partial charge in [0.2, 0.25) is 5.91 Å². The number of rotatable bonds is 4. The molecule has 0 saturated heterocycles. The van der Waals surface area contributed by atoms with E-state index in [1.165, 1.54) is 11.8 Å². The predicted molar refractivity (Wildman–Crippen MR) is 72.5 cm³/mol. The third-order valence-electron chi connectivity index (χ3n) is 1.77. The lowest BCUT2D eigenvalue weighted by molar-refractivity contribution is -0.113. The molecule has 0 fully saturated rings. The zero-order chi connectivity index (χ0) is 12.1. The van der Waals surface area contributed by atoms with Crippen molar-refractivity contribution in [2.24, 2.45) is 0 Å². The van der Waals surface area contributed by atoms with Crippen LogP contribution in [0.5, 0.6) is 0 Å². The molecule has 0 unspecified atom stereocenters. The van der Waals surface area contributed by atoms with Gasteiger partial charge in [-0.1, -0.05) is 30.1 Å². The Kier molecular flexibility index (Phi) is 5.25. The number of amides is 1. The highest BCUT2D eigenvalue weighted by molar-refractivity contribution is 7.99. The third-order valence-corrected chi connectivity index (χ3v) is 3.24. The first kappa shape index (κ1) is 13.5. The second-order valence-corrected chi connectivity index (χ2v) is 5.13. The fourth-order valence-electron chi connectivity index (χ4n) is 1.08. The van der Waals surface area contributed by atoms with E-state index in [9.17, 15) is 4.79 Å². The minimum atomic E-state index is -0.125. The van der Waals surface area contributed by atoms with Crippen LogP contribution < -0.4 is 11.1 Å². The summed E-state index contributed by atoms with van der Waals surface area (Å²) in [6.07, 6.45) is 0. The summed E-state index contributed by atoms with van der Waals surface area (Å²) in [5.74, 6) is 1.14. The van der Waals surface area contributed by atoms with Gasteiger partial charge in [0.25, 0.3) is 0 Å². The van der Waals surface area contributed by atoms with Gasteiger partial charge in [-0.3, -0.25) is 4.79 Å². The van der Waals surface area contributed by atoms with Gasteiger partial charge in [0.15, 0.2) is 0 Å². The zero-order valence-electron chi connectivity index (χ0n) is 8.72. The summed E-state index contributed by atoms with van der Waals surface area (Å²) >= 11 is 13.4. The monoisotopic (exact) mass is 278 g/mol. The average molecular weight is 279 g/mol. The van der Waals surface area contributed by atoms with Crippen molar-refractivity contribution >= 4 is 52.2 Å². The van der Waals surface area contributed by atoms with Crippen LogP contribution in [0.3, 0.4) is 0 Å². The number of carbonyl (C=O) groups is 1. The van der Waals surface area contributed by atoms with Gasteiger partial charge in [-0.25, -0.2) is 0 Å². The lowest BCUT2D eigenvalue weighted by Crippen LogP contribution is -2.15. The average Bonchev–Trinajstić information content (AvgIpc) is 2.20. The molecule has 0 aliphatic heterocycles. The molecule has 0 bridgehead atoms. The van der Waals surface area contributed by atoms with E-state index >= 15 is 0 Å². The van der Waals surface area contributed by atoms with Crippen molar-refractivity contribution in [3.05, 3.63) is 22.2 Å². The summed E-state index contributed by atoms with van der Waals surface area (Å²) in [5.41, 5.74) is 6.44. The van der Waals surface area contributed by atoms with E-state index in [0.29, 0.717) is 27.2 Å². The molecule has 1 amide bonds. The topological polar surface area (TPSA) is 55.1 Å². The number of halogens is 2. The molecular formula is C10H12Cl2N2OS. The summed E-state index contributed by atoms with van der Waals surface area (Å²) in [5, 5.41) is 3.36. The molecule has 0 spiro atoms. The second-order valence-electron chi connectivity index (χ2n) is 3.04. The minimum Gasteiger partial charge on any atom is -0.399 e. The molecule has 0 aliphatic rings. The number of nitrogen functional groups attached to an aromatic ring is 1. The first-order valence-electron chi connectivity index (χ1n) is 4.66. The van der Waals surface area contributed by atoms with Crippen molar-refractivity contribution in [3.63, 3.8) is 0 Å². The molecule has 0 aliphatic carbocycles. The first-order chi connectivity index (χ1) is 7.54. The minimum absolute atomic E-state index is 0.125. The Morgan fingerprint density at radius 3 is 2.50 bits per heavy atom. The van der Waals surface area contributed by atoms with Crippen LogP contribution >= 0.6 is 35.0 Å². The highest BCUT2D eigenvalue weighted by Crippen LogP contribution is 2.32. The van der Waals surface area contributed by atoms with Crippen LogP contribution in [-0.4, -0.2) is 17.4 Å². The van der Waals surface area contributed by atoms with Gasteiger partial charge >= 0.3 is 0 Å². The SMILES string of the molecule is CCSCC(=O)Nc1c(Cl)cc(N)cc1Cl. The van der Waals surface area contributed by atoms with Crippen molar-refractivity contribution in [1.82, 2.24) is 0 Å². The van der Waals surface area contributed by atoms with Gasteiger partial charge in [-0.2, -0.15) is 11.8 Å². The number of nitrogens with one attached hydrogen (secondary N) is 1. The third kappa shape index (κ3) is 3.77. The molecule has 0 aromatic heterocycles. The molecule has 0 heterocycles. The van der Waals surface area contributed by atoms with E-state index in [-0.39, 0.29) is 5.91 Å². The Balaban J connectivity index is 2.77. The van der Waals surface area contributed by atoms with E-state index in [2.05, 4.69) is 5.32 Å². The standard InChI is InChI=1S/C10H12Cl2N2OS/c1-2-16-5-9(15)14-10-7(11)3-6(13)4-8(10)12/h3-4H,2,5,13H2,1H3,(H,14,15).